The molecule has 4 nitrogen and oxygen atoms in total. The molecule has 0 fully saturated rings. The van der Waals surface area contributed by atoms with Crippen molar-refractivity contribution in [2.75, 3.05) is 0 Å². The van der Waals surface area contributed by atoms with Gasteiger partial charge in [-0.25, -0.2) is 0 Å². The van der Waals surface area contributed by atoms with Gasteiger partial charge in [-0.2, -0.15) is 17.6 Å². The van der Waals surface area contributed by atoms with Crippen molar-refractivity contribution in [3.8, 4) is 22.5 Å². The van der Waals surface area contributed by atoms with Crippen LogP contribution in [0, 0.1) is 6.92 Å². The van der Waals surface area contributed by atoms with E-state index in [0.717, 1.165) is 31.5 Å². The van der Waals surface area contributed by atoms with E-state index in [9.17, 15) is 8.42 Å². The number of nitrogens with zero attached hydrogens (tertiary/aromatic N) is 2. The van der Waals surface area contributed by atoms with Gasteiger partial charge in [0.2, 0.25) is 0 Å². The normalized spacial score (nSPS) is 11.6. The van der Waals surface area contributed by atoms with Crippen molar-refractivity contribution in [1.29, 1.82) is 0 Å². The molecule has 0 radical (unpaired) electrons. The van der Waals surface area contributed by atoms with Crippen molar-refractivity contribution in [3.63, 3.8) is 0 Å². The highest BCUT2D eigenvalue weighted by atomic mass is 32.2. The Bertz CT molecular complexity index is 1490. The number of hydrogen-bond acceptors (Lipinski definition) is 3. The van der Waals surface area contributed by atoms with Crippen LogP contribution in [0.3, 0.4) is 0 Å². The first-order valence-corrected chi connectivity index (χ1v) is 11.4. The molecule has 0 bridgehead atoms. The number of aryl methyl sites for hydroxylation is 1. The number of aromatic nitrogens is 2. The number of fused-ring (bicyclic) bond motifs is 1. The van der Waals surface area contributed by atoms with Gasteiger partial charge < -0.3 is 0 Å². The lowest BCUT2D eigenvalue weighted by Crippen LogP contribution is -2.16. The standard InChI is InChI=1S/C26H20N2O2S/c1-19-11-15-24(16-12-19)31(29,30)28-26(21-8-3-2-4-9-21)18-25(27-28)23-14-13-20-7-5-6-10-22(20)17-23/h2-18H,1H3. The van der Waals surface area contributed by atoms with Gasteiger partial charge in [-0.05, 0) is 42.0 Å². The largest absolute Gasteiger partial charge is 0.283 e. The summed E-state index contributed by atoms with van der Waals surface area (Å²) in [7, 11) is -3.86. The van der Waals surface area contributed by atoms with E-state index in [1.165, 1.54) is 0 Å². The van der Waals surface area contributed by atoms with E-state index in [4.69, 9.17) is 0 Å². The Hall–Kier alpha value is -3.70. The van der Waals surface area contributed by atoms with Crippen LogP contribution < -0.4 is 0 Å². The first-order valence-electron chi connectivity index (χ1n) is 9.99. The molecule has 5 heteroatoms. The Balaban J connectivity index is 1.71. The maximum absolute atomic E-state index is 13.5. The summed E-state index contributed by atoms with van der Waals surface area (Å²) < 4.78 is 28.1. The predicted octanol–water partition coefficient (Wildman–Crippen LogP) is 5.92. The fraction of sp³-hybridized carbons (Fsp3) is 0.0385. The third kappa shape index (κ3) is 3.53. The molecular formula is C26H20N2O2S. The number of rotatable bonds is 4. The average molecular weight is 425 g/mol. The summed E-state index contributed by atoms with van der Waals surface area (Å²) in [5, 5.41) is 6.77. The Kier molecular flexibility index (Phi) is 4.68. The third-order valence-corrected chi connectivity index (χ3v) is 6.94. The zero-order valence-electron chi connectivity index (χ0n) is 16.9. The van der Waals surface area contributed by atoms with Gasteiger partial charge in [0.25, 0.3) is 10.0 Å². The van der Waals surface area contributed by atoms with Gasteiger partial charge in [0.1, 0.15) is 0 Å². The van der Waals surface area contributed by atoms with Crippen LogP contribution in [-0.2, 0) is 10.0 Å². The molecule has 0 saturated heterocycles. The Labute approximate surface area is 181 Å². The van der Waals surface area contributed by atoms with Gasteiger partial charge in [0.05, 0.1) is 16.3 Å². The molecule has 31 heavy (non-hydrogen) atoms. The molecule has 0 atom stereocenters. The van der Waals surface area contributed by atoms with Gasteiger partial charge in [0.15, 0.2) is 0 Å². The van der Waals surface area contributed by atoms with Crippen molar-refractivity contribution >= 4 is 20.8 Å². The monoisotopic (exact) mass is 424 g/mol. The molecule has 0 amide bonds. The molecule has 0 unspecified atom stereocenters. The van der Waals surface area contributed by atoms with E-state index in [1.807, 2.05) is 79.7 Å². The second kappa shape index (κ2) is 7.52. The molecule has 5 aromatic rings. The van der Waals surface area contributed by atoms with E-state index in [-0.39, 0.29) is 4.90 Å². The van der Waals surface area contributed by atoms with Crippen LogP contribution in [0.5, 0.6) is 0 Å². The van der Waals surface area contributed by atoms with Crippen molar-refractivity contribution in [2.45, 2.75) is 11.8 Å². The van der Waals surface area contributed by atoms with Crippen LogP contribution in [0.4, 0.5) is 0 Å². The van der Waals surface area contributed by atoms with Crippen molar-refractivity contribution in [1.82, 2.24) is 9.19 Å². The van der Waals surface area contributed by atoms with Crippen LogP contribution in [0.15, 0.2) is 108 Å². The molecule has 0 aliphatic rings. The lowest BCUT2D eigenvalue weighted by atomic mass is 10.0. The van der Waals surface area contributed by atoms with E-state index in [1.54, 1.807) is 24.3 Å². The third-order valence-electron chi connectivity index (χ3n) is 5.34. The summed E-state index contributed by atoms with van der Waals surface area (Å²) in [5.41, 5.74) is 3.80. The van der Waals surface area contributed by atoms with Gasteiger partial charge in [-0.3, -0.25) is 0 Å². The molecule has 4 aromatic carbocycles. The predicted molar refractivity (Wildman–Crippen MR) is 124 cm³/mol. The van der Waals surface area contributed by atoms with Crippen molar-refractivity contribution in [2.24, 2.45) is 0 Å². The molecule has 0 saturated carbocycles. The molecular weight excluding hydrogens is 404 g/mol. The molecule has 5 rings (SSSR count). The zero-order chi connectivity index (χ0) is 21.4. The highest BCUT2D eigenvalue weighted by Gasteiger charge is 2.24. The van der Waals surface area contributed by atoms with Crippen LogP contribution in [0.25, 0.3) is 33.3 Å². The van der Waals surface area contributed by atoms with E-state index < -0.39 is 10.0 Å². The highest BCUT2D eigenvalue weighted by molar-refractivity contribution is 7.90. The van der Waals surface area contributed by atoms with Crippen LogP contribution in [-0.4, -0.2) is 17.6 Å². The van der Waals surface area contributed by atoms with E-state index in [2.05, 4.69) is 11.2 Å². The van der Waals surface area contributed by atoms with Gasteiger partial charge in [-0.1, -0.05) is 84.4 Å². The average Bonchev–Trinajstić information content (AvgIpc) is 3.26. The Morgan fingerprint density at radius 3 is 2.10 bits per heavy atom. The number of benzene rings is 4. The minimum absolute atomic E-state index is 0.212. The molecule has 1 heterocycles. The smallest absolute Gasteiger partial charge is 0.199 e. The van der Waals surface area contributed by atoms with Crippen molar-refractivity contribution < 1.29 is 8.42 Å². The molecule has 152 valence electrons. The summed E-state index contributed by atoms with van der Waals surface area (Å²) in [6, 6.07) is 32.3. The minimum Gasteiger partial charge on any atom is -0.199 e. The summed E-state index contributed by atoms with van der Waals surface area (Å²) in [6.45, 7) is 1.93. The lowest BCUT2D eigenvalue weighted by molar-refractivity contribution is 0.581. The fourth-order valence-corrected chi connectivity index (χ4v) is 4.94. The second-order valence-corrected chi connectivity index (χ2v) is 9.27. The number of hydrogen-bond donors (Lipinski definition) is 0. The van der Waals surface area contributed by atoms with Crippen LogP contribution in [0.2, 0.25) is 0 Å². The SMILES string of the molecule is Cc1ccc(S(=O)(=O)n2nc(-c3ccc4ccccc4c3)cc2-c2ccccc2)cc1. The molecule has 1 aromatic heterocycles. The molecule has 0 aliphatic carbocycles. The summed E-state index contributed by atoms with van der Waals surface area (Å²) in [4.78, 5) is 0.212. The van der Waals surface area contributed by atoms with E-state index >= 15 is 0 Å². The lowest BCUT2D eigenvalue weighted by Gasteiger charge is -2.09. The summed E-state index contributed by atoms with van der Waals surface area (Å²) in [6.07, 6.45) is 0. The minimum atomic E-state index is -3.86. The fourth-order valence-electron chi connectivity index (χ4n) is 3.65. The highest BCUT2D eigenvalue weighted by Crippen LogP contribution is 2.31. The maximum atomic E-state index is 13.5. The van der Waals surface area contributed by atoms with Crippen LogP contribution in [0.1, 0.15) is 5.56 Å². The maximum Gasteiger partial charge on any atom is 0.283 e. The Morgan fingerprint density at radius 2 is 1.35 bits per heavy atom. The second-order valence-electron chi connectivity index (χ2n) is 7.50. The van der Waals surface area contributed by atoms with Gasteiger partial charge in [0, 0.05) is 11.1 Å². The Morgan fingerprint density at radius 1 is 0.677 bits per heavy atom. The van der Waals surface area contributed by atoms with Gasteiger partial charge in [-0.15, -0.1) is 0 Å². The van der Waals surface area contributed by atoms with Gasteiger partial charge >= 0.3 is 0 Å². The topological polar surface area (TPSA) is 52.0 Å². The molecule has 0 spiro atoms. The van der Waals surface area contributed by atoms with E-state index in [0.29, 0.717) is 11.4 Å². The van der Waals surface area contributed by atoms with Crippen LogP contribution >= 0.6 is 0 Å². The first-order chi connectivity index (χ1) is 15.0. The van der Waals surface area contributed by atoms with Crippen molar-refractivity contribution in [3.05, 3.63) is 109 Å². The zero-order valence-corrected chi connectivity index (χ0v) is 17.8. The molecule has 0 N–H and O–H groups in total. The summed E-state index contributed by atoms with van der Waals surface area (Å²) in [5.74, 6) is 0. The quantitative estimate of drug-likeness (QED) is 0.360. The summed E-state index contributed by atoms with van der Waals surface area (Å²) >= 11 is 0. The first kappa shape index (κ1) is 19.3. The molecule has 0 aliphatic heterocycles.